The van der Waals surface area contributed by atoms with Crippen LogP contribution in [0.1, 0.15) is 12.5 Å². The predicted octanol–water partition coefficient (Wildman–Crippen LogP) is 1.07. The van der Waals surface area contributed by atoms with E-state index in [0.29, 0.717) is 11.3 Å². The zero-order valence-corrected chi connectivity index (χ0v) is 6.28. The maximum Gasteiger partial charge on any atom is 0.124 e. The number of hydrazone groups is 1. The molecule has 1 aromatic carbocycles. The van der Waals surface area contributed by atoms with Crippen LogP contribution in [0.3, 0.4) is 0 Å². The smallest absolute Gasteiger partial charge is 0.124 e. The first kappa shape index (κ1) is 7.60. The largest absolute Gasteiger partial charge is 0.507 e. The molecule has 0 amide bonds. The van der Waals surface area contributed by atoms with Crippen molar-refractivity contribution in [1.29, 1.82) is 0 Å². The highest BCUT2D eigenvalue weighted by molar-refractivity contribution is 6.00. The second-order valence-electron chi connectivity index (χ2n) is 2.23. The molecule has 0 unspecified atom stereocenters. The molecule has 0 bridgehead atoms. The molecule has 0 atom stereocenters. The van der Waals surface area contributed by atoms with Crippen molar-refractivity contribution in [2.75, 3.05) is 0 Å². The highest BCUT2D eigenvalue weighted by Gasteiger charge is 2.00. The lowest BCUT2D eigenvalue weighted by molar-refractivity contribution is 0.474. The Morgan fingerprint density at radius 3 is 2.64 bits per heavy atom. The Hall–Kier alpha value is -1.51. The van der Waals surface area contributed by atoms with E-state index >= 15 is 0 Å². The number of aromatic hydroxyl groups is 1. The molecule has 1 rings (SSSR count). The zero-order chi connectivity index (χ0) is 8.27. The van der Waals surface area contributed by atoms with E-state index in [1.165, 1.54) is 0 Å². The minimum absolute atomic E-state index is 0.208. The molecule has 58 valence electrons. The third-order valence-corrected chi connectivity index (χ3v) is 1.49. The van der Waals surface area contributed by atoms with E-state index in [9.17, 15) is 5.11 Å². The van der Waals surface area contributed by atoms with Gasteiger partial charge in [0.15, 0.2) is 0 Å². The molecule has 0 heterocycles. The SMILES string of the molecule is C/C(=N\N)c1ccccc1O. The fourth-order valence-corrected chi connectivity index (χ4v) is 0.849. The van der Waals surface area contributed by atoms with E-state index in [0.717, 1.165) is 0 Å². The van der Waals surface area contributed by atoms with E-state index < -0.39 is 0 Å². The summed E-state index contributed by atoms with van der Waals surface area (Å²) >= 11 is 0. The van der Waals surface area contributed by atoms with E-state index in [-0.39, 0.29) is 5.75 Å². The van der Waals surface area contributed by atoms with Gasteiger partial charge < -0.3 is 10.9 Å². The number of nitrogens with two attached hydrogens (primary N) is 1. The average Bonchev–Trinajstić information content (AvgIpc) is 2.04. The Kier molecular flexibility index (Phi) is 2.11. The summed E-state index contributed by atoms with van der Waals surface area (Å²) in [6.07, 6.45) is 0. The maximum absolute atomic E-state index is 9.28. The molecule has 0 aliphatic carbocycles. The lowest BCUT2D eigenvalue weighted by Crippen LogP contribution is -1.98. The van der Waals surface area contributed by atoms with Gasteiger partial charge in [-0.25, -0.2) is 0 Å². The first-order chi connectivity index (χ1) is 5.25. The molecule has 1 aromatic rings. The zero-order valence-electron chi connectivity index (χ0n) is 6.28. The van der Waals surface area contributed by atoms with Crippen molar-refractivity contribution >= 4 is 5.71 Å². The highest BCUT2D eigenvalue weighted by Crippen LogP contribution is 2.15. The fourth-order valence-electron chi connectivity index (χ4n) is 0.849. The standard InChI is InChI=1S/C8H10N2O/c1-6(10-9)7-4-2-3-5-8(7)11/h2-5,11H,9H2,1H3/b10-6+. The minimum atomic E-state index is 0.208. The van der Waals surface area contributed by atoms with Crippen LogP contribution < -0.4 is 5.84 Å². The highest BCUT2D eigenvalue weighted by atomic mass is 16.3. The van der Waals surface area contributed by atoms with Crippen LogP contribution in [0.15, 0.2) is 29.4 Å². The molecule has 3 N–H and O–H groups in total. The van der Waals surface area contributed by atoms with Gasteiger partial charge in [-0.1, -0.05) is 12.1 Å². The fraction of sp³-hybridized carbons (Fsp3) is 0.125. The van der Waals surface area contributed by atoms with Gasteiger partial charge in [-0.05, 0) is 19.1 Å². The number of phenolic OH excluding ortho intramolecular Hbond substituents is 1. The van der Waals surface area contributed by atoms with Crippen LogP contribution in [0.5, 0.6) is 5.75 Å². The van der Waals surface area contributed by atoms with Crippen LogP contribution in [0.2, 0.25) is 0 Å². The van der Waals surface area contributed by atoms with Crippen molar-refractivity contribution in [3.8, 4) is 5.75 Å². The molecule has 3 heteroatoms. The lowest BCUT2D eigenvalue weighted by atomic mass is 10.1. The van der Waals surface area contributed by atoms with Crippen molar-refractivity contribution in [3.63, 3.8) is 0 Å². The first-order valence-electron chi connectivity index (χ1n) is 3.28. The second-order valence-corrected chi connectivity index (χ2v) is 2.23. The van der Waals surface area contributed by atoms with Crippen molar-refractivity contribution in [1.82, 2.24) is 0 Å². The van der Waals surface area contributed by atoms with Crippen LogP contribution in [0.25, 0.3) is 0 Å². The Morgan fingerprint density at radius 1 is 1.45 bits per heavy atom. The number of hydrogen-bond donors (Lipinski definition) is 2. The van der Waals surface area contributed by atoms with Crippen LogP contribution >= 0.6 is 0 Å². The quantitative estimate of drug-likeness (QED) is 0.357. The van der Waals surface area contributed by atoms with Gasteiger partial charge in [0.2, 0.25) is 0 Å². The molecular formula is C8H10N2O. The van der Waals surface area contributed by atoms with Crippen molar-refractivity contribution < 1.29 is 5.11 Å². The van der Waals surface area contributed by atoms with Crippen molar-refractivity contribution in [3.05, 3.63) is 29.8 Å². The van der Waals surface area contributed by atoms with Crippen LogP contribution in [0.4, 0.5) is 0 Å². The predicted molar refractivity (Wildman–Crippen MR) is 44.5 cm³/mol. The third-order valence-electron chi connectivity index (χ3n) is 1.49. The van der Waals surface area contributed by atoms with Gasteiger partial charge in [0.05, 0.1) is 5.71 Å². The summed E-state index contributed by atoms with van der Waals surface area (Å²) in [7, 11) is 0. The van der Waals surface area contributed by atoms with E-state index in [2.05, 4.69) is 5.10 Å². The Bertz CT molecular complexity index is 281. The molecule has 0 aromatic heterocycles. The normalized spacial score (nSPS) is 11.5. The molecule has 0 aliphatic heterocycles. The Balaban J connectivity index is 3.14. The summed E-state index contributed by atoms with van der Waals surface area (Å²) < 4.78 is 0. The van der Waals surface area contributed by atoms with E-state index in [1.807, 2.05) is 6.07 Å². The van der Waals surface area contributed by atoms with Crippen molar-refractivity contribution in [2.45, 2.75) is 6.92 Å². The summed E-state index contributed by atoms with van der Waals surface area (Å²) in [5.41, 5.74) is 1.30. The Labute approximate surface area is 65.2 Å². The number of benzene rings is 1. The van der Waals surface area contributed by atoms with Crippen LogP contribution in [-0.2, 0) is 0 Å². The molecule has 0 saturated heterocycles. The van der Waals surface area contributed by atoms with Gasteiger partial charge in [0.1, 0.15) is 5.75 Å². The van der Waals surface area contributed by atoms with Gasteiger partial charge >= 0.3 is 0 Å². The molecule has 0 saturated carbocycles. The molecule has 0 aliphatic rings. The van der Waals surface area contributed by atoms with Crippen LogP contribution in [-0.4, -0.2) is 10.8 Å². The number of para-hydroxylation sites is 1. The van der Waals surface area contributed by atoms with E-state index in [4.69, 9.17) is 5.84 Å². The summed E-state index contributed by atoms with van der Waals surface area (Å²) in [5, 5.41) is 12.8. The third kappa shape index (κ3) is 1.49. The van der Waals surface area contributed by atoms with Gasteiger partial charge in [-0.15, -0.1) is 0 Å². The van der Waals surface area contributed by atoms with Gasteiger partial charge in [0.25, 0.3) is 0 Å². The minimum Gasteiger partial charge on any atom is -0.507 e. The molecule has 0 fully saturated rings. The lowest BCUT2D eigenvalue weighted by Gasteiger charge is -2.00. The molecule has 0 spiro atoms. The number of nitrogens with zero attached hydrogens (tertiary/aromatic N) is 1. The van der Waals surface area contributed by atoms with Gasteiger partial charge in [-0.3, -0.25) is 0 Å². The average molecular weight is 150 g/mol. The maximum atomic E-state index is 9.28. The number of phenols is 1. The van der Waals surface area contributed by atoms with Crippen LogP contribution in [0, 0.1) is 0 Å². The molecule has 3 nitrogen and oxygen atoms in total. The van der Waals surface area contributed by atoms with Gasteiger partial charge in [0, 0.05) is 5.56 Å². The molecule has 11 heavy (non-hydrogen) atoms. The van der Waals surface area contributed by atoms with Crippen molar-refractivity contribution in [2.24, 2.45) is 10.9 Å². The summed E-state index contributed by atoms with van der Waals surface area (Å²) in [5.74, 6) is 5.26. The van der Waals surface area contributed by atoms with E-state index in [1.54, 1.807) is 25.1 Å². The summed E-state index contributed by atoms with van der Waals surface area (Å²) in [4.78, 5) is 0. The summed E-state index contributed by atoms with van der Waals surface area (Å²) in [6, 6.07) is 6.94. The summed E-state index contributed by atoms with van der Waals surface area (Å²) in [6.45, 7) is 1.75. The first-order valence-corrected chi connectivity index (χ1v) is 3.28. The molecular weight excluding hydrogens is 140 g/mol. The molecule has 0 radical (unpaired) electrons. The second kappa shape index (κ2) is 3.05. The Morgan fingerprint density at radius 2 is 2.09 bits per heavy atom. The number of rotatable bonds is 1. The monoisotopic (exact) mass is 150 g/mol. The van der Waals surface area contributed by atoms with Gasteiger partial charge in [-0.2, -0.15) is 5.10 Å². The topological polar surface area (TPSA) is 58.6 Å². The number of hydrogen-bond acceptors (Lipinski definition) is 3.